The van der Waals surface area contributed by atoms with Crippen LogP contribution in [-0.2, 0) is 4.79 Å². The number of fused-ring (bicyclic) bond motifs is 1. The van der Waals surface area contributed by atoms with Crippen LogP contribution in [0.25, 0.3) is 16.6 Å². The molecule has 3 aromatic heterocycles. The summed E-state index contributed by atoms with van der Waals surface area (Å²) in [7, 11) is 0. The number of aliphatic imine (C=N–C) groups is 1. The maximum absolute atomic E-state index is 12.0. The molecule has 4 aromatic rings. The third-order valence-electron chi connectivity index (χ3n) is 6.36. The second kappa shape index (κ2) is 9.33. The van der Waals surface area contributed by atoms with Crippen molar-refractivity contribution in [3.8, 4) is 11.1 Å². The summed E-state index contributed by atoms with van der Waals surface area (Å²) in [6.07, 6.45) is 4.13. The molecule has 10 heteroatoms. The fraction of sp³-hybridized carbons (Fsp3) is 0.269. The van der Waals surface area contributed by atoms with E-state index in [-0.39, 0.29) is 22.9 Å². The van der Waals surface area contributed by atoms with E-state index in [9.17, 15) is 9.90 Å². The van der Waals surface area contributed by atoms with Gasteiger partial charge in [0.25, 0.3) is 5.91 Å². The number of aliphatic hydroxyl groups is 1. The Morgan fingerprint density at radius 3 is 2.61 bits per heavy atom. The van der Waals surface area contributed by atoms with Gasteiger partial charge in [-0.05, 0) is 74.5 Å². The highest BCUT2D eigenvalue weighted by atomic mass is 35.5. The molecule has 1 fully saturated rings. The van der Waals surface area contributed by atoms with Gasteiger partial charge in [0, 0.05) is 34.5 Å². The summed E-state index contributed by atoms with van der Waals surface area (Å²) < 4.78 is 1.70. The van der Waals surface area contributed by atoms with Crippen molar-refractivity contribution in [1.29, 1.82) is 0 Å². The maximum Gasteiger partial charge on any atom is 0.250 e. The molecule has 9 nitrogen and oxygen atoms in total. The van der Waals surface area contributed by atoms with Gasteiger partial charge in [-0.15, -0.1) is 0 Å². The van der Waals surface area contributed by atoms with Gasteiger partial charge in [0.2, 0.25) is 5.28 Å². The number of aromatic nitrogens is 4. The average Bonchev–Trinajstić information content (AvgIpc) is 3.59. The number of benzene rings is 1. The molecule has 4 N–H and O–H groups in total. The molecule has 0 radical (unpaired) electrons. The first-order valence-corrected chi connectivity index (χ1v) is 12.0. The van der Waals surface area contributed by atoms with Crippen molar-refractivity contribution in [2.24, 2.45) is 16.6 Å². The number of carbonyl (C=O) groups is 1. The molecular weight excluding hydrogens is 478 g/mol. The lowest BCUT2D eigenvalue weighted by Gasteiger charge is -2.17. The molecule has 3 heterocycles. The van der Waals surface area contributed by atoms with E-state index in [1.165, 1.54) is 0 Å². The molecular formula is C26H26ClN7O2. The van der Waals surface area contributed by atoms with Crippen LogP contribution in [-0.4, -0.2) is 36.4 Å². The number of pyridine rings is 1. The van der Waals surface area contributed by atoms with E-state index in [4.69, 9.17) is 17.3 Å². The normalized spacial score (nSPS) is 14.8. The number of nitrogens with zero attached hydrogens (tertiary/aromatic N) is 5. The van der Waals surface area contributed by atoms with Crippen molar-refractivity contribution in [2.75, 3.05) is 5.32 Å². The number of nitrogens with one attached hydrogen (secondary N) is 1. The quantitative estimate of drug-likeness (QED) is 0.156. The van der Waals surface area contributed by atoms with Crippen molar-refractivity contribution >= 4 is 34.5 Å². The smallest absolute Gasteiger partial charge is 0.250 e. The number of aliphatic hydroxyl groups excluding tert-OH is 1. The Morgan fingerprint density at radius 1 is 1.19 bits per heavy atom. The summed E-state index contributed by atoms with van der Waals surface area (Å²) in [5.41, 5.74) is 12.9. The fourth-order valence-corrected chi connectivity index (χ4v) is 4.48. The van der Waals surface area contributed by atoms with Crippen LogP contribution in [0.4, 0.5) is 5.69 Å². The summed E-state index contributed by atoms with van der Waals surface area (Å²) in [5.74, 6) is -0.0109. The lowest BCUT2D eigenvalue weighted by Crippen LogP contribution is -2.17. The minimum absolute atomic E-state index is 0.000869. The first-order chi connectivity index (χ1) is 17.2. The number of nitrogens with two attached hydrogens (primary N) is 1. The van der Waals surface area contributed by atoms with Gasteiger partial charge in [-0.2, -0.15) is 10.1 Å². The summed E-state index contributed by atoms with van der Waals surface area (Å²) in [5, 5.41) is 18.9. The third-order valence-corrected chi connectivity index (χ3v) is 6.53. The van der Waals surface area contributed by atoms with Crippen molar-refractivity contribution in [1.82, 2.24) is 19.6 Å². The van der Waals surface area contributed by atoms with Gasteiger partial charge in [0.1, 0.15) is 5.84 Å². The highest BCUT2D eigenvalue weighted by molar-refractivity contribution is 6.28. The van der Waals surface area contributed by atoms with E-state index < -0.39 is 6.23 Å². The second-order valence-electron chi connectivity index (χ2n) is 9.07. The van der Waals surface area contributed by atoms with E-state index in [1.54, 1.807) is 16.8 Å². The minimum atomic E-state index is -1.05. The Hall–Kier alpha value is -3.82. The maximum atomic E-state index is 12.0. The van der Waals surface area contributed by atoms with Crippen LogP contribution in [0.2, 0.25) is 5.28 Å². The molecule has 0 bridgehead atoms. The summed E-state index contributed by atoms with van der Waals surface area (Å²) >= 11 is 6.01. The van der Waals surface area contributed by atoms with Crippen LogP contribution >= 0.6 is 11.6 Å². The highest BCUT2D eigenvalue weighted by Crippen LogP contribution is 2.31. The van der Waals surface area contributed by atoms with Crippen molar-refractivity contribution < 1.29 is 9.90 Å². The number of amidine groups is 1. The molecule has 184 valence electrons. The van der Waals surface area contributed by atoms with E-state index in [1.807, 2.05) is 51.2 Å². The van der Waals surface area contributed by atoms with Crippen molar-refractivity contribution in [3.63, 3.8) is 0 Å². The number of hydrogen-bond donors (Lipinski definition) is 3. The minimum Gasteiger partial charge on any atom is -0.383 e. The lowest BCUT2D eigenvalue weighted by molar-refractivity contribution is -0.118. The molecule has 1 unspecified atom stereocenters. The topological polar surface area (TPSA) is 131 Å². The number of rotatable bonds is 6. The molecule has 1 aromatic carbocycles. The number of amides is 1. The predicted molar refractivity (Wildman–Crippen MR) is 139 cm³/mol. The number of halogens is 1. The summed E-state index contributed by atoms with van der Waals surface area (Å²) in [4.78, 5) is 24.6. The predicted octanol–water partition coefficient (Wildman–Crippen LogP) is 4.11. The zero-order chi connectivity index (χ0) is 25.6. The first-order valence-electron chi connectivity index (χ1n) is 11.6. The molecule has 1 amide bonds. The molecule has 0 spiro atoms. The van der Waals surface area contributed by atoms with Gasteiger partial charge in [-0.1, -0.05) is 12.1 Å². The molecule has 1 saturated carbocycles. The lowest BCUT2D eigenvalue weighted by atomic mass is 10.0. The van der Waals surface area contributed by atoms with Gasteiger partial charge in [-0.25, -0.2) is 14.5 Å². The van der Waals surface area contributed by atoms with Crippen LogP contribution in [0.3, 0.4) is 0 Å². The Labute approximate surface area is 213 Å². The van der Waals surface area contributed by atoms with Gasteiger partial charge in [0.05, 0.1) is 23.1 Å². The van der Waals surface area contributed by atoms with E-state index in [2.05, 4.69) is 25.4 Å². The Balaban J connectivity index is 1.45. The Kier molecular flexibility index (Phi) is 6.19. The molecule has 1 aliphatic carbocycles. The van der Waals surface area contributed by atoms with Crippen LogP contribution in [0, 0.1) is 26.7 Å². The summed E-state index contributed by atoms with van der Waals surface area (Å²) in [6, 6.07) is 9.33. The van der Waals surface area contributed by atoms with E-state index in [0.717, 1.165) is 46.4 Å². The summed E-state index contributed by atoms with van der Waals surface area (Å²) in [6.45, 7) is 5.69. The Bertz CT molecular complexity index is 1500. The SMILES string of the molecule is Cc1ccc(C(N)=NC(=O)C2CC2)cc1NC(O)c1cnn2ccc(-c3c(C)nc(Cl)nc3C)cc12. The fourth-order valence-electron chi connectivity index (χ4n) is 4.23. The van der Waals surface area contributed by atoms with Crippen molar-refractivity contribution in [2.45, 2.75) is 39.8 Å². The van der Waals surface area contributed by atoms with Gasteiger partial charge < -0.3 is 16.2 Å². The number of anilines is 1. The number of carbonyl (C=O) groups excluding carboxylic acids is 1. The van der Waals surface area contributed by atoms with Gasteiger partial charge >= 0.3 is 0 Å². The molecule has 0 saturated heterocycles. The number of aryl methyl sites for hydroxylation is 3. The zero-order valence-electron chi connectivity index (χ0n) is 20.2. The van der Waals surface area contributed by atoms with E-state index >= 15 is 0 Å². The van der Waals surface area contributed by atoms with Crippen molar-refractivity contribution in [3.05, 3.63) is 76.1 Å². The first kappa shape index (κ1) is 23.9. The third kappa shape index (κ3) is 4.67. The molecule has 1 aliphatic rings. The highest BCUT2D eigenvalue weighted by Gasteiger charge is 2.29. The van der Waals surface area contributed by atoms with E-state index in [0.29, 0.717) is 16.8 Å². The molecule has 5 rings (SSSR count). The van der Waals surface area contributed by atoms with Crippen LogP contribution < -0.4 is 11.1 Å². The van der Waals surface area contributed by atoms with Gasteiger partial charge in [-0.3, -0.25) is 4.79 Å². The van der Waals surface area contributed by atoms with Crippen LogP contribution in [0.1, 0.15) is 47.1 Å². The standard InChI is InChI=1S/C26H26ClN7O2/c1-13-4-5-18(23(28)33-24(35)16-6-7-16)10-20(13)32-25(36)19-12-29-34-9-8-17(11-21(19)34)22-14(2)30-26(27)31-15(22)3/h4-5,8-12,16,25,32,36H,6-7H2,1-3H3,(H2,28,33,35). The van der Waals surface area contributed by atoms with Gasteiger partial charge in [0.15, 0.2) is 6.23 Å². The monoisotopic (exact) mass is 503 g/mol. The molecule has 0 aliphatic heterocycles. The number of hydrogen-bond acceptors (Lipinski definition) is 6. The van der Waals surface area contributed by atoms with Crippen LogP contribution in [0.15, 0.2) is 47.7 Å². The average molecular weight is 504 g/mol. The second-order valence-corrected chi connectivity index (χ2v) is 9.41. The molecule has 1 atom stereocenters. The largest absolute Gasteiger partial charge is 0.383 e. The Morgan fingerprint density at radius 2 is 1.92 bits per heavy atom. The zero-order valence-corrected chi connectivity index (χ0v) is 20.9. The molecule has 36 heavy (non-hydrogen) atoms. The van der Waals surface area contributed by atoms with Crippen LogP contribution in [0.5, 0.6) is 0 Å².